The number of rotatable bonds is 7. The summed E-state index contributed by atoms with van der Waals surface area (Å²) in [7, 11) is 1.82. The molecule has 1 heterocycles. The number of hydrogen-bond acceptors (Lipinski definition) is 4. The Morgan fingerprint density at radius 1 is 1.20 bits per heavy atom. The smallest absolute Gasteiger partial charge is 0.243 e. The van der Waals surface area contributed by atoms with E-state index in [2.05, 4.69) is 4.98 Å². The van der Waals surface area contributed by atoms with E-state index < -0.39 is 10.0 Å². The first-order valence-corrected chi connectivity index (χ1v) is 9.82. The molecule has 1 aromatic carbocycles. The molecule has 0 saturated heterocycles. The summed E-state index contributed by atoms with van der Waals surface area (Å²) in [6, 6.07) is 5.00. The number of imidazole rings is 1. The molecule has 0 bridgehead atoms. The van der Waals surface area contributed by atoms with E-state index in [1.54, 1.807) is 37.2 Å². The molecule has 1 aromatic heterocycles. The highest BCUT2D eigenvalue weighted by molar-refractivity contribution is 7.89. The van der Waals surface area contributed by atoms with Crippen molar-refractivity contribution >= 4 is 27.0 Å². The van der Waals surface area contributed by atoms with Gasteiger partial charge in [-0.1, -0.05) is 13.8 Å². The molecule has 0 unspecified atom stereocenters. The summed E-state index contributed by atoms with van der Waals surface area (Å²) in [5, 5.41) is 0. The van der Waals surface area contributed by atoms with E-state index in [9.17, 15) is 13.2 Å². The number of hydrogen-bond donors (Lipinski definition) is 0. The first-order chi connectivity index (χ1) is 11.7. The number of amides is 1. The van der Waals surface area contributed by atoms with Crippen LogP contribution in [0.15, 0.2) is 23.1 Å². The van der Waals surface area contributed by atoms with Crippen LogP contribution in [0.4, 0.5) is 0 Å². The molecule has 0 spiro atoms. The lowest BCUT2D eigenvalue weighted by Gasteiger charge is -2.18. The number of aromatic nitrogens is 2. The van der Waals surface area contributed by atoms with Gasteiger partial charge in [0, 0.05) is 47.1 Å². The van der Waals surface area contributed by atoms with Gasteiger partial charge >= 0.3 is 0 Å². The van der Waals surface area contributed by atoms with Gasteiger partial charge in [-0.15, -0.1) is 0 Å². The molecule has 8 heteroatoms. The third kappa shape index (κ3) is 3.85. The summed E-state index contributed by atoms with van der Waals surface area (Å²) in [4.78, 5) is 18.1. The predicted octanol–water partition coefficient (Wildman–Crippen LogP) is 1.62. The Balaban J connectivity index is 2.37. The molecular formula is C17H26N4O3S. The van der Waals surface area contributed by atoms with Crippen molar-refractivity contribution in [1.82, 2.24) is 18.8 Å². The number of sulfonamides is 1. The van der Waals surface area contributed by atoms with Crippen molar-refractivity contribution in [2.75, 3.05) is 27.2 Å². The van der Waals surface area contributed by atoms with Gasteiger partial charge in [0.15, 0.2) is 0 Å². The van der Waals surface area contributed by atoms with E-state index in [0.717, 1.165) is 11.3 Å². The number of carbonyl (C=O) groups excluding carboxylic acids is 1. The normalized spacial score (nSPS) is 12.1. The third-order valence-corrected chi connectivity index (χ3v) is 6.40. The van der Waals surface area contributed by atoms with E-state index in [0.29, 0.717) is 31.4 Å². The molecule has 138 valence electrons. The summed E-state index contributed by atoms with van der Waals surface area (Å²) in [6.07, 6.45) is 0.884. The van der Waals surface area contributed by atoms with Gasteiger partial charge in [-0.25, -0.2) is 13.4 Å². The van der Waals surface area contributed by atoms with Crippen LogP contribution in [-0.2, 0) is 28.3 Å². The third-order valence-electron chi connectivity index (χ3n) is 4.35. The van der Waals surface area contributed by atoms with Crippen LogP contribution in [-0.4, -0.2) is 60.3 Å². The Kier molecular flexibility index (Phi) is 5.84. The molecule has 0 aliphatic heterocycles. The van der Waals surface area contributed by atoms with Crippen molar-refractivity contribution in [1.29, 1.82) is 0 Å². The Morgan fingerprint density at radius 3 is 2.40 bits per heavy atom. The topological polar surface area (TPSA) is 75.5 Å². The fourth-order valence-corrected chi connectivity index (χ4v) is 4.25. The molecule has 25 heavy (non-hydrogen) atoms. The highest BCUT2D eigenvalue weighted by Gasteiger charge is 2.22. The molecule has 0 atom stereocenters. The van der Waals surface area contributed by atoms with Crippen LogP contribution in [0.1, 0.15) is 26.1 Å². The van der Waals surface area contributed by atoms with Crippen molar-refractivity contribution in [3.05, 3.63) is 24.0 Å². The molecule has 0 aliphatic carbocycles. The standard InChI is InChI=1S/C17H26N4O3S/c1-6-21(7-2)25(23,24)13-8-9-15-14(12-13)18-16(20(15)5)10-11-17(22)19(3)4/h8-9,12H,6-7,10-11H2,1-5H3. The fraction of sp³-hybridized carbons (Fsp3) is 0.529. The van der Waals surface area contributed by atoms with Crippen LogP contribution in [0.2, 0.25) is 0 Å². The van der Waals surface area contributed by atoms with Gasteiger partial charge in [0.25, 0.3) is 0 Å². The zero-order valence-electron chi connectivity index (χ0n) is 15.5. The number of fused-ring (bicyclic) bond motifs is 1. The second kappa shape index (κ2) is 7.53. The average Bonchev–Trinajstić information content (AvgIpc) is 2.89. The highest BCUT2D eigenvalue weighted by Crippen LogP contribution is 2.22. The van der Waals surface area contributed by atoms with E-state index >= 15 is 0 Å². The first kappa shape index (κ1) is 19.4. The molecular weight excluding hydrogens is 340 g/mol. The summed E-state index contributed by atoms with van der Waals surface area (Å²) in [5.74, 6) is 0.805. The van der Waals surface area contributed by atoms with Crippen LogP contribution in [0, 0.1) is 0 Å². The molecule has 2 aromatic rings. The van der Waals surface area contributed by atoms with Crippen molar-refractivity contribution in [2.24, 2.45) is 7.05 Å². The molecule has 2 rings (SSSR count). The van der Waals surface area contributed by atoms with E-state index in [4.69, 9.17) is 0 Å². The van der Waals surface area contributed by atoms with Gasteiger partial charge in [0.05, 0.1) is 15.9 Å². The average molecular weight is 366 g/mol. The fourth-order valence-electron chi connectivity index (χ4n) is 2.77. The van der Waals surface area contributed by atoms with Gasteiger partial charge in [0.1, 0.15) is 5.82 Å². The molecule has 0 N–H and O–H groups in total. The van der Waals surface area contributed by atoms with Crippen LogP contribution in [0.5, 0.6) is 0 Å². The molecule has 0 saturated carbocycles. The summed E-state index contributed by atoms with van der Waals surface area (Å²) < 4.78 is 28.7. The Hall–Kier alpha value is -1.93. The maximum Gasteiger partial charge on any atom is 0.243 e. The summed E-state index contributed by atoms with van der Waals surface area (Å²) in [5.41, 5.74) is 1.48. The van der Waals surface area contributed by atoms with E-state index in [-0.39, 0.29) is 10.8 Å². The van der Waals surface area contributed by atoms with E-state index in [1.807, 2.05) is 25.5 Å². The van der Waals surface area contributed by atoms with Crippen molar-refractivity contribution in [3.63, 3.8) is 0 Å². The molecule has 1 amide bonds. The van der Waals surface area contributed by atoms with Gasteiger partial charge in [-0.2, -0.15) is 4.31 Å². The van der Waals surface area contributed by atoms with Crippen LogP contribution >= 0.6 is 0 Å². The van der Waals surface area contributed by atoms with Crippen molar-refractivity contribution in [3.8, 4) is 0 Å². The lowest BCUT2D eigenvalue weighted by atomic mass is 10.2. The summed E-state index contributed by atoms with van der Waals surface area (Å²) >= 11 is 0. The lowest BCUT2D eigenvalue weighted by molar-refractivity contribution is -0.128. The van der Waals surface area contributed by atoms with Gasteiger partial charge < -0.3 is 9.47 Å². The van der Waals surface area contributed by atoms with Crippen LogP contribution < -0.4 is 0 Å². The zero-order chi connectivity index (χ0) is 18.8. The lowest BCUT2D eigenvalue weighted by Crippen LogP contribution is -2.30. The van der Waals surface area contributed by atoms with Crippen molar-refractivity contribution < 1.29 is 13.2 Å². The van der Waals surface area contributed by atoms with Gasteiger partial charge in [0.2, 0.25) is 15.9 Å². The Morgan fingerprint density at radius 2 is 1.84 bits per heavy atom. The summed E-state index contributed by atoms with van der Waals surface area (Å²) in [6.45, 7) is 4.49. The SMILES string of the molecule is CCN(CC)S(=O)(=O)c1ccc2c(c1)nc(CCC(=O)N(C)C)n2C. The highest BCUT2D eigenvalue weighted by atomic mass is 32.2. The largest absolute Gasteiger partial charge is 0.349 e. The second-order valence-corrected chi connectivity index (χ2v) is 8.05. The minimum Gasteiger partial charge on any atom is -0.349 e. The monoisotopic (exact) mass is 366 g/mol. The van der Waals surface area contributed by atoms with Gasteiger partial charge in [-0.05, 0) is 18.2 Å². The predicted molar refractivity (Wildman–Crippen MR) is 97.8 cm³/mol. The molecule has 7 nitrogen and oxygen atoms in total. The number of nitrogens with zero attached hydrogens (tertiary/aromatic N) is 4. The first-order valence-electron chi connectivity index (χ1n) is 8.38. The van der Waals surface area contributed by atoms with Gasteiger partial charge in [-0.3, -0.25) is 4.79 Å². The Bertz CT molecular complexity index is 867. The number of aryl methyl sites for hydroxylation is 2. The minimum absolute atomic E-state index is 0.0388. The maximum atomic E-state index is 12.7. The number of benzene rings is 1. The van der Waals surface area contributed by atoms with E-state index in [1.165, 1.54) is 4.31 Å². The maximum absolute atomic E-state index is 12.7. The van der Waals surface area contributed by atoms with Crippen LogP contribution in [0.25, 0.3) is 11.0 Å². The van der Waals surface area contributed by atoms with Crippen LogP contribution in [0.3, 0.4) is 0 Å². The zero-order valence-corrected chi connectivity index (χ0v) is 16.3. The quantitative estimate of drug-likeness (QED) is 0.746. The number of carbonyl (C=O) groups is 1. The van der Waals surface area contributed by atoms with Crippen molar-refractivity contribution in [2.45, 2.75) is 31.6 Å². The molecule has 0 radical (unpaired) electrons. The molecule has 0 fully saturated rings. The second-order valence-electron chi connectivity index (χ2n) is 6.12. The minimum atomic E-state index is -3.51. The Labute approximate surface area is 149 Å². The molecule has 0 aliphatic rings.